The quantitative estimate of drug-likeness (QED) is 0.849. The zero-order chi connectivity index (χ0) is 16.5. The van der Waals surface area contributed by atoms with Gasteiger partial charge in [0.2, 0.25) is 11.9 Å². The minimum Gasteiger partial charge on any atom is -0.361 e. The average molecular weight is 327 g/mol. The molecule has 2 atom stereocenters. The first kappa shape index (κ1) is 15.1. The predicted octanol–water partition coefficient (Wildman–Crippen LogP) is 1.44. The number of aryl methyl sites for hydroxylation is 1. The molecule has 2 aromatic heterocycles. The number of anilines is 1. The summed E-state index contributed by atoms with van der Waals surface area (Å²) in [6.07, 6.45) is 6.01. The lowest BCUT2D eigenvalue weighted by Crippen LogP contribution is -2.48. The third-order valence-electron chi connectivity index (χ3n) is 4.87. The third-order valence-corrected chi connectivity index (χ3v) is 4.87. The molecular formula is C17H21N5O2. The molecule has 126 valence electrons. The summed E-state index contributed by atoms with van der Waals surface area (Å²) in [6.45, 7) is 4.37. The van der Waals surface area contributed by atoms with Gasteiger partial charge in [-0.15, -0.1) is 0 Å². The zero-order valence-electron chi connectivity index (χ0n) is 13.8. The van der Waals surface area contributed by atoms with E-state index in [9.17, 15) is 4.79 Å². The predicted molar refractivity (Wildman–Crippen MR) is 87.4 cm³/mol. The van der Waals surface area contributed by atoms with Gasteiger partial charge < -0.3 is 14.3 Å². The third kappa shape index (κ3) is 2.98. The van der Waals surface area contributed by atoms with Gasteiger partial charge in [-0.1, -0.05) is 5.16 Å². The monoisotopic (exact) mass is 327 g/mol. The molecule has 0 saturated carbocycles. The Morgan fingerprint density at radius 2 is 2.08 bits per heavy atom. The number of amides is 1. The summed E-state index contributed by atoms with van der Waals surface area (Å²) in [5.41, 5.74) is 0.808. The summed E-state index contributed by atoms with van der Waals surface area (Å²) < 4.78 is 5.20. The summed E-state index contributed by atoms with van der Waals surface area (Å²) in [6, 6.07) is 3.87. The van der Waals surface area contributed by atoms with Crippen molar-refractivity contribution in [2.45, 2.75) is 32.2 Å². The number of carbonyl (C=O) groups excluding carboxylic acids is 1. The van der Waals surface area contributed by atoms with Crippen molar-refractivity contribution in [2.24, 2.45) is 5.92 Å². The highest BCUT2D eigenvalue weighted by Crippen LogP contribution is 2.30. The smallest absolute Gasteiger partial charge is 0.230 e. The SMILES string of the molecule is Cc1cc(CC(=O)N2C[C@H]3CC[C@@H]2CN(c2ncccn2)C3)on1. The number of hydrogen-bond acceptors (Lipinski definition) is 6. The Bertz CT molecular complexity index is 717. The van der Waals surface area contributed by atoms with Crippen LogP contribution in [-0.4, -0.2) is 51.6 Å². The number of fused-ring (bicyclic) bond motifs is 4. The Kier molecular flexibility index (Phi) is 3.92. The summed E-state index contributed by atoms with van der Waals surface area (Å²) >= 11 is 0. The van der Waals surface area contributed by atoms with E-state index in [1.807, 2.05) is 24.0 Å². The van der Waals surface area contributed by atoms with Crippen LogP contribution in [-0.2, 0) is 11.2 Å². The van der Waals surface area contributed by atoms with Gasteiger partial charge in [0.15, 0.2) is 0 Å². The minimum atomic E-state index is 0.122. The maximum Gasteiger partial charge on any atom is 0.230 e. The molecule has 3 aliphatic rings. The van der Waals surface area contributed by atoms with Gasteiger partial charge in [0.05, 0.1) is 12.1 Å². The van der Waals surface area contributed by atoms with E-state index in [4.69, 9.17) is 4.52 Å². The Morgan fingerprint density at radius 1 is 1.25 bits per heavy atom. The Balaban J connectivity index is 1.49. The first-order valence-corrected chi connectivity index (χ1v) is 8.42. The van der Waals surface area contributed by atoms with Gasteiger partial charge in [0, 0.05) is 44.1 Å². The topological polar surface area (TPSA) is 75.4 Å². The van der Waals surface area contributed by atoms with Gasteiger partial charge in [0.25, 0.3) is 0 Å². The van der Waals surface area contributed by atoms with Crippen LogP contribution in [0.15, 0.2) is 29.0 Å². The van der Waals surface area contributed by atoms with E-state index < -0.39 is 0 Å². The largest absolute Gasteiger partial charge is 0.361 e. The first-order valence-electron chi connectivity index (χ1n) is 8.42. The molecule has 0 spiro atoms. The van der Waals surface area contributed by atoms with Gasteiger partial charge in [-0.3, -0.25) is 4.79 Å². The van der Waals surface area contributed by atoms with Crippen molar-refractivity contribution in [1.29, 1.82) is 0 Å². The molecule has 0 aliphatic carbocycles. The number of aromatic nitrogens is 3. The fraction of sp³-hybridized carbons (Fsp3) is 0.529. The second-order valence-electron chi connectivity index (χ2n) is 6.71. The number of nitrogens with zero attached hydrogens (tertiary/aromatic N) is 5. The molecule has 5 rings (SSSR count). The Hall–Kier alpha value is -2.44. The maximum absolute atomic E-state index is 12.8. The van der Waals surface area contributed by atoms with Crippen LogP contribution in [0.4, 0.5) is 5.95 Å². The van der Waals surface area contributed by atoms with Crippen LogP contribution in [0.25, 0.3) is 0 Å². The molecule has 2 aromatic rings. The van der Waals surface area contributed by atoms with Crippen molar-refractivity contribution in [2.75, 3.05) is 24.5 Å². The van der Waals surface area contributed by atoms with E-state index in [0.29, 0.717) is 11.7 Å². The van der Waals surface area contributed by atoms with Gasteiger partial charge in [0.1, 0.15) is 5.76 Å². The van der Waals surface area contributed by atoms with Crippen molar-refractivity contribution in [3.63, 3.8) is 0 Å². The lowest BCUT2D eigenvalue weighted by atomic mass is 9.94. The van der Waals surface area contributed by atoms with Crippen LogP contribution in [0.3, 0.4) is 0 Å². The van der Waals surface area contributed by atoms with Crippen LogP contribution in [0, 0.1) is 12.8 Å². The lowest BCUT2D eigenvalue weighted by molar-refractivity contribution is -0.134. The van der Waals surface area contributed by atoms with Gasteiger partial charge >= 0.3 is 0 Å². The van der Waals surface area contributed by atoms with Crippen LogP contribution in [0.2, 0.25) is 0 Å². The molecule has 3 saturated heterocycles. The molecule has 2 bridgehead atoms. The lowest BCUT2D eigenvalue weighted by Gasteiger charge is -2.36. The minimum absolute atomic E-state index is 0.122. The standard InChI is InChI=1S/C17H21N5O2/c1-12-7-15(24-20-12)8-16(23)22-10-13-3-4-14(22)11-21(9-13)17-18-5-2-6-19-17/h2,5-7,13-14H,3-4,8-11H2,1H3/t13-,14+/m0/s1. The van der Waals surface area contributed by atoms with Gasteiger partial charge in [-0.05, 0) is 31.7 Å². The van der Waals surface area contributed by atoms with E-state index in [1.165, 1.54) is 0 Å². The summed E-state index contributed by atoms with van der Waals surface area (Å²) in [4.78, 5) is 25.7. The fourth-order valence-corrected chi connectivity index (χ4v) is 3.76. The zero-order valence-corrected chi connectivity index (χ0v) is 13.8. The number of piperidine rings is 1. The molecule has 0 aromatic carbocycles. The summed E-state index contributed by atoms with van der Waals surface area (Å²) in [5, 5.41) is 3.86. The fourth-order valence-electron chi connectivity index (χ4n) is 3.76. The van der Waals surface area contributed by atoms with Gasteiger partial charge in [-0.2, -0.15) is 0 Å². The van der Waals surface area contributed by atoms with Crippen molar-refractivity contribution >= 4 is 11.9 Å². The number of rotatable bonds is 3. The van der Waals surface area contributed by atoms with Crippen molar-refractivity contribution in [3.05, 3.63) is 36.0 Å². The molecule has 0 radical (unpaired) electrons. The second-order valence-corrected chi connectivity index (χ2v) is 6.71. The molecule has 24 heavy (non-hydrogen) atoms. The van der Waals surface area contributed by atoms with E-state index in [-0.39, 0.29) is 18.4 Å². The van der Waals surface area contributed by atoms with E-state index >= 15 is 0 Å². The molecule has 7 nitrogen and oxygen atoms in total. The van der Waals surface area contributed by atoms with Crippen LogP contribution < -0.4 is 4.90 Å². The molecule has 0 unspecified atom stereocenters. The maximum atomic E-state index is 12.8. The van der Waals surface area contributed by atoms with E-state index in [1.54, 1.807) is 12.4 Å². The highest BCUT2D eigenvalue weighted by atomic mass is 16.5. The summed E-state index contributed by atoms with van der Waals surface area (Å²) in [5.74, 6) is 1.99. The van der Waals surface area contributed by atoms with Crippen molar-refractivity contribution < 1.29 is 9.32 Å². The van der Waals surface area contributed by atoms with Crippen LogP contribution in [0.1, 0.15) is 24.3 Å². The normalized spacial score (nSPS) is 23.4. The van der Waals surface area contributed by atoms with Crippen LogP contribution in [0.5, 0.6) is 0 Å². The number of carbonyl (C=O) groups is 1. The van der Waals surface area contributed by atoms with Crippen LogP contribution >= 0.6 is 0 Å². The molecule has 3 aliphatic heterocycles. The van der Waals surface area contributed by atoms with Gasteiger partial charge in [-0.25, -0.2) is 9.97 Å². The molecular weight excluding hydrogens is 306 g/mol. The first-order chi connectivity index (χ1) is 11.7. The average Bonchev–Trinajstić information content (AvgIpc) is 2.82. The molecule has 5 heterocycles. The molecule has 1 amide bonds. The highest BCUT2D eigenvalue weighted by Gasteiger charge is 2.37. The van der Waals surface area contributed by atoms with Crippen molar-refractivity contribution in [1.82, 2.24) is 20.0 Å². The highest BCUT2D eigenvalue weighted by molar-refractivity contribution is 5.78. The second kappa shape index (κ2) is 6.22. The van der Waals surface area contributed by atoms with Crippen molar-refractivity contribution in [3.8, 4) is 0 Å². The molecule has 3 fully saturated rings. The Labute approximate surface area is 140 Å². The molecule has 7 heteroatoms. The van der Waals surface area contributed by atoms with E-state index in [0.717, 1.165) is 44.1 Å². The number of hydrogen-bond donors (Lipinski definition) is 0. The molecule has 0 N–H and O–H groups in total. The Morgan fingerprint density at radius 3 is 2.83 bits per heavy atom. The summed E-state index contributed by atoms with van der Waals surface area (Å²) in [7, 11) is 0. The van der Waals surface area contributed by atoms with E-state index in [2.05, 4.69) is 20.0 Å².